The summed E-state index contributed by atoms with van der Waals surface area (Å²) in [4.78, 5) is 5.03. The first-order chi connectivity index (χ1) is 35.1. The van der Waals surface area contributed by atoms with Gasteiger partial charge < -0.3 is 9.80 Å². The van der Waals surface area contributed by atoms with Crippen molar-refractivity contribution in [2.45, 2.75) is 105 Å². The van der Waals surface area contributed by atoms with Gasteiger partial charge in [-0.3, -0.25) is 0 Å². The molecule has 10 aromatic carbocycles. The fourth-order valence-electron chi connectivity index (χ4n) is 13.2. The van der Waals surface area contributed by atoms with Crippen LogP contribution in [0.5, 0.6) is 0 Å². The molecule has 10 aromatic rings. The Morgan fingerprint density at radius 2 is 0.694 bits per heavy atom. The van der Waals surface area contributed by atoms with Crippen LogP contribution in [0.3, 0.4) is 0 Å². The van der Waals surface area contributed by atoms with E-state index < -0.39 is 0 Å². The number of benzene rings is 10. The van der Waals surface area contributed by atoms with E-state index in [4.69, 9.17) is 0 Å². The third kappa shape index (κ3) is 5.99. The Morgan fingerprint density at radius 3 is 1.06 bits per heavy atom. The summed E-state index contributed by atoms with van der Waals surface area (Å²) < 4.78 is 20.7. The average Bonchev–Trinajstić information content (AvgIpc) is 3.42. The first-order valence-corrected chi connectivity index (χ1v) is 26.2. The Bertz CT molecular complexity index is 3830. The number of fused-ring (bicyclic) bond motifs is 8. The molecular formula is C68H62B2N2. The molecule has 4 aliphatic rings. The number of hydrogen-bond acceptors (Lipinski definition) is 2. The topological polar surface area (TPSA) is 6.48 Å². The van der Waals surface area contributed by atoms with E-state index in [9.17, 15) is 2.74 Å². The highest BCUT2D eigenvalue weighted by Crippen LogP contribution is 2.50. The lowest BCUT2D eigenvalue weighted by molar-refractivity contribution is 0.590. The molecule has 0 atom stereocenters. The summed E-state index contributed by atoms with van der Waals surface area (Å²) in [6.45, 7) is 27.6. The van der Waals surface area contributed by atoms with Crippen molar-refractivity contribution in [3.8, 4) is 22.3 Å². The molecule has 350 valence electrons. The first kappa shape index (κ1) is 41.6. The lowest BCUT2D eigenvalue weighted by atomic mass is 9.31. The van der Waals surface area contributed by atoms with Gasteiger partial charge in [-0.15, -0.1) is 0 Å². The van der Waals surface area contributed by atoms with Gasteiger partial charge in [0.15, 0.2) is 0 Å². The molecule has 0 bridgehead atoms. The van der Waals surface area contributed by atoms with Crippen LogP contribution >= 0.6 is 0 Å². The van der Waals surface area contributed by atoms with Crippen molar-refractivity contribution >= 4 is 113 Å². The number of anilines is 6. The molecule has 0 aliphatic carbocycles. The predicted molar refractivity (Wildman–Crippen MR) is 314 cm³/mol. The van der Waals surface area contributed by atoms with Crippen LogP contribution in [0.15, 0.2) is 158 Å². The Balaban J connectivity index is 1.14. The van der Waals surface area contributed by atoms with Gasteiger partial charge in [0.2, 0.25) is 13.4 Å². The van der Waals surface area contributed by atoms with E-state index in [1.54, 1.807) is 0 Å². The molecule has 4 heterocycles. The van der Waals surface area contributed by atoms with E-state index in [2.05, 4.69) is 238 Å². The molecule has 0 aromatic heterocycles. The molecule has 0 saturated carbocycles. The zero-order valence-electron chi connectivity index (χ0n) is 45.9. The van der Waals surface area contributed by atoms with E-state index in [0.29, 0.717) is 12.1 Å². The third-order valence-corrected chi connectivity index (χ3v) is 17.0. The highest BCUT2D eigenvalue weighted by Gasteiger charge is 2.46. The SMILES string of the molecule is [2H]c1cc2c3c(cc4c([2H])cc5c6c(cc1c3c46)B1c3ccc(C(C)(C)C)cc3N(c3ccccc3)c3cc(C(C)(C)C)cc-5c31)B1c3ccc(C(C)(C)C)cc3N(c3ccccc3)c3cc(C(C)(C)C)cc-2c31. The average molecular weight is 931 g/mol. The lowest BCUT2D eigenvalue weighted by Crippen LogP contribution is -2.60. The highest BCUT2D eigenvalue weighted by atomic mass is 15.2. The zero-order valence-corrected chi connectivity index (χ0v) is 43.9. The van der Waals surface area contributed by atoms with E-state index in [0.717, 1.165) is 44.0 Å². The maximum Gasteiger partial charge on any atom is 0.248 e. The van der Waals surface area contributed by atoms with Crippen molar-refractivity contribution in [3.05, 3.63) is 180 Å². The quantitative estimate of drug-likeness (QED) is 0.126. The molecule has 2 nitrogen and oxygen atoms in total. The third-order valence-electron chi connectivity index (χ3n) is 17.0. The van der Waals surface area contributed by atoms with Crippen LogP contribution in [0.2, 0.25) is 0 Å². The first-order valence-electron chi connectivity index (χ1n) is 27.2. The van der Waals surface area contributed by atoms with Gasteiger partial charge in [0.1, 0.15) is 0 Å². The van der Waals surface area contributed by atoms with E-state index >= 15 is 0 Å². The second kappa shape index (κ2) is 14.3. The minimum Gasteiger partial charge on any atom is -0.311 e. The van der Waals surface area contributed by atoms with Gasteiger partial charge in [0, 0.05) is 34.1 Å². The summed E-state index contributed by atoms with van der Waals surface area (Å²) in [7, 11) is 0. The molecule has 0 N–H and O–H groups in total. The number of nitrogens with zero attached hydrogens (tertiary/aromatic N) is 2. The minimum absolute atomic E-state index is 0.0638. The van der Waals surface area contributed by atoms with Gasteiger partial charge >= 0.3 is 0 Å². The largest absolute Gasteiger partial charge is 0.311 e. The van der Waals surface area contributed by atoms with Crippen molar-refractivity contribution in [1.82, 2.24) is 0 Å². The second-order valence-electron chi connectivity index (χ2n) is 25.6. The Kier molecular flexibility index (Phi) is 8.28. The molecule has 4 aliphatic heterocycles. The fourth-order valence-corrected chi connectivity index (χ4v) is 13.2. The highest BCUT2D eigenvalue weighted by molar-refractivity contribution is 7.02. The summed E-state index contributed by atoms with van der Waals surface area (Å²) in [6, 6.07) is 56.4. The van der Waals surface area contributed by atoms with E-state index in [1.165, 1.54) is 99.7 Å². The van der Waals surface area contributed by atoms with Crippen LogP contribution in [-0.2, 0) is 21.7 Å². The molecule has 0 saturated heterocycles. The zero-order chi connectivity index (χ0) is 51.4. The van der Waals surface area contributed by atoms with E-state index in [-0.39, 0.29) is 35.1 Å². The van der Waals surface area contributed by atoms with Crippen LogP contribution in [0.1, 0.15) is 108 Å². The Hall–Kier alpha value is -7.03. The molecule has 0 amide bonds. The molecule has 0 fully saturated rings. The molecule has 72 heavy (non-hydrogen) atoms. The van der Waals surface area contributed by atoms with Gasteiger partial charge in [0.25, 0.3) is 0 Å². The summed E-state index contributed by atoms with van der Waals surface area (Å²) in [5.74, 6) is 0. The molecule has 0 unspecified atom stereocenters. The molecule has 0 radical (unpaired) electrons. The minimum atomic E-state index is -0.149. The number of hydrogen-bond donors (Lipinski definition) is 0. The molecule has 4 heteroatoms. The van der Waals surface area contributed by atoms with E-state index in [1.807, 2.05) is 0 Å². The van der Waals surface area contributed by atoms with Crippen molar-refractivity contribution in [1.29, 1.82) is 0 Å². The normalized spacial score (nSPS) is 14.9. The monoisotopic (exact) mass is 931 g/mol. The van der Waals surface area contributed by atoms with Gasteiger partial charge in [-0.25, -0.2) is 0 Å². The number of para-hydroxylation sites is 2. The molecular weight excluding hydrogens is 866 g/mol. The lowest BCUT2D eigenvalue weighted by Gasteiger charge is -2.43. The summed E-state index contributed by atoms with van der Waals surface area (Å²) in [5.41, 5.74) is 24.0. The standard InChI is InChI=1S/C68H62B2N2/c1-65(2,3)41-25-29-51-55(35-41)71(45-19-15-13-16-20-45)57-37-43(67(7,8)9)33-49-47-27-24-40-32-54-62-48(28-23-39-31-53(69(51)63(49)57)61(47)59(40)60(39)62)50-34-44(68(10,11)12)38-58-64(50)70(54)52-30-26-42(66(4,5)6)36-56(52)72(58)46-21-17-14-18-22-46/h13-38H,1-12H3/i23D,24D. The second-order valence-corrected chi connectivity index (χ2v) is 25.6. The van der Waals surface area contributed by atoms with Crippen molar-refractivity contribution < 1.29 is 2.74 Å². The fraction of sp³-hybridized carbons (Fsp3) is 0.235. The van der Waals surface area contributed by atoms with Gasteiger partial charge in [-0.05, 0) is 169 Å². The van der Waals surface area contributed by atoms with Gasteiger partial charge in [0.05, 0.1) is 2.74 Å². The Labute approximate surface area is 430 Å². The summed E-state index contributed by atoms with van der Waals surface area (Å²) >= 11 is 0. The van der Waals surface area contributed by atoms with Crippen molar-refractivity contribution in [2.75, 3.05) is 9.80 Å². The van der Waals surface area contributed by atoms with Crippen LogP contribution in [0, 0.1) is 0 Å². The van der Waals surface area contributed by atoms with Gasteiger partial charge in [-0.1, -0.05) is 203 Å². The van der Waals surface area contributed by atoms with Crippen molar-refractivity contribution in [2.24, 2.45) is 0 Å². The summed E-state index contributed by atoms with van der Waals surface area (Å²) in [5, 5.41) is 6.63. The van der Waals surface area contributed by atoms with Crippen LogP contribution in [-0.4, -0.2) is 13.4 Å². The molecule has 0 spiro atoms. The Morgan fingerprint density at radius 1 is 0.333 bits per heavy atom. The van der Waals surface area contributed by atoms with Crippen LogP contribution in [0.25, 0.3) is 54.6 Å². The van der Waals surface area contributed by atoms with Gasteiger partial charge in [-0.2, -0.15) is 0 Å². The maximum absolute atomic E-state index is 10.3. The smallest absolute Gasteiger partial charge is 0.248 e. The predicted octanol–water partition coefficient (Wildman–Crippen LogP) is 14.3. The van der Waals surface area contributed by atoms with Crippen LogP contribution < -0.4 is 42.6 Å². The molecule has 14 rings (SSSR count). The maximum atomic E-state index is 10.3. The van der Waals surface area contributed by atoms with Crippen molar-refractivity contribution in [3.63, 3.8) is 0 Å². The summed E-state index contributed by atoms with van der Waals surface area (Å²) in [6.07, 6.45) is 0. The number of rotatable bonds is 2. The van der Waals surface area contributed by atoms with Crippen LogP contribution in [0.4, 0.5) is 34.1 Å².